The van der Waals surface area contributed by atoms with Gasteiger partial charge in [-0.05, 0) is 32.9 Å². The average molecular weight is 411 g/mol. The second kappa shape index (κ2) is 8.08. The lowest BCUT2D eigenvalue weighted by molar-refractivity contribution is 0.0595. The number of carbonyl (C=O) groups excluding carboxylic acids is 2. The second-order valence-electron chi connectivity index (χ2n) is 7.62. The van der Waals surface area contributed by atoms with Gasteiger partial charge in [-0.3, -0.25) is 19.4 Å². The highest BCUT2D eigenvalue weighted by Gasteiger charge is 2.42. The summed E-state index contributed by atoms with van der Waals surface area (Å²) in [6, 6.07) is 5.25. The zero-order valence-electron chi connectivity index (χ0n) is 17.1. The van der Waals surface area contributed by atoms with Gasteiger partial charge in [-0.15, -0.1) is 11.3 Å². The SMILES string of the molecule is C/C=C(\C)CN1CCN(c2cccc3c2C(=O)N(C(C)c2nccs2)C3=O)CC1. The molecule has 0 aliphatic carbocycles. The lowest BCUT2D eigenvalue weighted by Crippen LogP contribution is -2.47. The maximum atomic E-state index is 13.3. The third-order valence-corrected chi connectivity index (χ3v) is 6.75. The van der Waals surface area contributed by atoms with E-state index in [9.17, 15) is 9.59 Å². The summed E-state index contributed by atoms with van der Waals surface area (Å²) in [7, 11) is 0. The number of hydrogen-bond acceptors (Lipinski definition) is 6. The molecule has 1 aromatic heterocycles. The molecule has 0 N–H and O–H groups in total. The molecule has 0 radical (unpaired) electrons. The van der Waals surface area contributed by atoms with Crippen LogP contribution in [-0.4, -0.2) is 59.3 Å². The van der Waals surface area contributed by atoms with E-state index in [0.717, 1.165) is 43.4 Å². The van der Waals surface area contributed by atoms with Crippen LogP contribution in [-0.2, 0) is 0 Å². The van der Waals surface area contributed by atoms with Crippen molar-refractivity contribution >= 4 is 28.8 Å². The molecule has 2 amide bonds. The van der Waals surface area contributed by atoms with E-state index in [0.29, 0.717) is 11.1 Å². The Balaban J connectivity index is 1.57. The summed E-state index contributed by atoms with van der Waals surface area (Å²) in [6.07, 6.45) is 3.86. The standard InChI is InChI=1S/C22H26N4O2S/c1-4-15(2)14-24-9-11-25(12-10-24)18-7-5-6-17-19(18)22(28)26(21(17)27)16(3)20-23-8-13-29-20/h4-8,13,16H,9-12,14H2,1-3H3/b15-4+. The Morgan fingerprint density at radius 3 is 2.62 bits per heavy atom. The minimum atomic E-state index is -0.365. The largest absolute Gasteiger partial charge is 0.368 e. The quantitative estimate of drug-likeness (QED) is 0.557. The highest BCUT2D eigenvalue weighted by Crippen LogP contribution is 2.37. The highest BCUT2D eigenvalue weighted by atomic mass is 32.1. The van der Waals surface area contributed by atoms with Gasteiger partial charge in [0.05, 0.1) is 22.9 Å². The van der Waals surface area contributed by atoms with E-state index in [1.54, 1.807) is 12.3 Å². The molecule has 1 fully saturated rings. The minimum absolute atomic E-state index is 0.213. The van der Waals surface area contributed by atoms with Gasteiger partial charge >= 0.3 is 0 Å². The van der Waals surface area contributed by atoms with Crippen LogP contribution in [0, 0.1) is 0 Å². The van der Waals surface area contributed by atoms with Crippen LogP contribution in [0.5, 0.6) is 0 Å². The second-order valence-corrected chi connectivity index (χ2v) is 8.55. The molecule has 0 spiro atoms. The van der Waals surface area contributed by atoms with Crippen molar-refractivity contribution in [2.45, 2.75) is 26.8 Å². The van der Waals surface area contributed by atoms with Crippen LogP contribution in [0.15, 0.2) is 41.4 Å². The first-order chi connectivity index (χ1) is 14.0. The number of piperazine rings is 1. The molecule has 4 rings (SSSR count). The molecule has 2 aromatic rings. The number of anilines is 1. The van der Waals surface area contributed by atoms with Crippen LogP contribution in [0.25, 0.3) is 0 Å². The summed E-state index contributed by atoms with van der Waals surface area (Å²) < 4.78 is 0. The Morgan fingerprint density at radius 1 is 1.21 bits per heavy atom. The van der Waals surface area contributed by atoms with Gasteiger partial charge in [0, 0.05) is 44.3 Å². The van der Waals surface area contributed by atoms with Crippen molar-refractivity contribution in [3.8, 4) is 0 Å². The summed E-state index contributed by atoms with van der Waals surface area (Å²) in [5, 5.41) is 2.64. The minimum Gasteiger partial charge on any atom is -0.368 e. The molecule has 6 nitrogen and oxygen atoms in total. The number of amides is 2. The predicted octanol–water partition coefficient (Wildman–Crippen LogP) is 3.59. The number of thiazole rings is 1. The van der Waals surface area contributed by atoms with Crippen LogP contribution in [0.4, 0.5) is 5.69 Å². The van der Waals surface area contributed by atoms with Crippen molar-refractivity contribution < 1.29 is 9.59 Å². The first kappa shape index (κ1) is 19.8. The molecule has 7 heteroatoms. The van der Waals surface area contributed by atoms with Gasteiger partial charge in [0.1, 0.15) is 5.01 Å². The highest BCUT2D eigenvalue weighted by molar-refractivity contribution is 7.09. The van der Waals surface area contributed by atoms with Crippen molar-refractivity contribution in [3.63, 3.8) is 0 Å². The molecule has 152 valence electrons. The number of imide groups is 1. The topological polar surface area (TPSA) is 56.8 Å². The molecule has 1 unspecified atom stereocenters. The monoisotopic (exact) mass is 410 g/mol. The fourth-order valence-electron chi connectivity index (χ4n) is 4.04. The maximum absolute atomic E-state index is 13.3. The van der Waals surface area contributed by atoms with Crippen molar-refractivity contribution in [1.29, 1.82) is 0 Å². The number of carbonyl (C=O) groups is 2. The Morgan fingerprint density at radius 2 is 1.97 bits per heavy atom. The van der Waals surface area contributed by atoms with E-state index in [-0.39, 0.29) is 17.9 Å². The fraction of sp³-hybridized carbons (Fsp3) is 0.409. The first-order valence-corrected chi connectivity index (χ1v) is 10.9. The molecule has 0 saturated carbocycles. The van der Waals surface area contributed by atoms with Gasteiger partial charge in [0.15, 0.2) is 0 Å². The van der Waals surface area contributed by atoms with E-state index in [1.165, 1.54) is 21.8 Å². The van der Waals surface area contributed by atoms with Crippen molar-refractivity contribution in [2.75, 3.05) is 37.6 Å². The number of fused-ring (bicyclic) bond motifs is 1. The maximum Gasteiger partial charge on any atom is 0.264 e. The van der Waals surface area contributed by atoms with Gasteiger partial charge in [-0.2, -0.15) is 0 Å². The van der Waals surface area contributed by atoms with Gasteiger partial charge in [0.25, 0.3) is 11.8 Å². The van der Waals surface area contributed by atoms with Gasteiger partial charge in [0.2, 0.25) is 0 Å². The zero-order valence-corrected chi connectivity index (χ0v) is 17.9. The number of benzene rings is 1. The molecular weight excluding hydrogens is 384 g/mol. The molecule has 1 aromatic carbocycles. The third-order valence-electron chi connectivity index (χ3n) is 5.80. The van der Waals surface area contributed by atoms with Gasteiger partial charge in [-0.25, -0.2) is 4.98 Å². The average Bonchev–Trinajstić information content (AvgIpc) is 3.36. The summed E-state index contributed by atoms with van der Waals surface area (Å²) in [5.74, 6) is -0.438. The Bertz CT molecular complexity index is 946. The molecule has 1 saturated heterocycles. The van der Waals surface area contributed by atoms with Crippen molar-refractivity contribution in [2.24, 2.45) is 0 Å². The molecule has 2 aliphatic heterocycles. The van der Waals surface area contributed by atoms with Crippen LogP contribution in [0.1, 0.15) is 52.5 Å². The van der Waals surface area contributed by atoms with Crippen LogP contribution < -0.4 is 4.90 Å². The molecular formula is C22H26N4O2S. The van der Waals surface area contributed by atoms with Gasteiger partial charge in [-0.1, -0.05) is 17.7 Å². The van der Waals surface area contributed by atoms with Gasteiger partial charge < -0.3 is 4.90 Å². The molecule has 2 aliphatic rings. The van der Waals surface area contributed by atoms with Crippen LogP contribution in [0.3, 0.4) is 0 Å². The molecule has 29 heavy (non-hydrogen) atoms. The number of aromatic nitrogens is 1. The smallest absolute Gasteiger partial charge is 0.264 e. The van der Waals surface area contributed by atoms with E-state index in [4.69, 9.17) is 0 Å². The normalized spacial score (nSPS) is 19.1. The number of rotatable bonds is 5. The van der Waals surface area contributed by atoms with E-state index in [2.05, 4.69) is 34.7 Å². The summed E-state index contributed by atoms with van der Waals surface area (Å²) in [4.78, 5) is 36.7. The fourth-order valence-corrected chi connectivity index (χ4v) is 4.73. The Labute approximate surface area is 175 Å². The van der Waals surface area contributed by atoms with E-state index < -0.39 is 0 Å². The summed E-state index contributed by atoms with van der Waals surface area (Å²) in [6.45, 7) is 10.6. The van der Waals surface area contributed by atoms with Crippen LogP contribution >= 0.6 is 11.3 Å². The molecule has 0 bridgehead atoms. The number of nitrogens with zero attached hydrogens (tertiary/aromatic N) is 4. The Hall–Kier alpha value is -2.51. The summed E-state index contributed by atoms with van der Waals surface area (Å²) in [5.41, 5.74) is 3.28. The van der Waals surface area contributed by atoms with E-state index >= 15 is 0 Å². The summed E-state index contributed by atoms with van der Waals surface area (Å²) >= 11 is 1.46. The lowest BCUT2D eigenvalue weighted by atomic mass is 10.1. The third kappa shape index (κ3) is 3.60. The number of hydrogen-bond donors (Lipinski definition) is 0. The van der Waals surface area contributed by atoms with Crippen molar-refractivity contribution in [1.82, 2.24) is 14.8 Å². The van der Waals surface area contributed by atoms with Crippen LogP contribution in [0.2, 0.25) is 0 Å². The first-order valence-electron chi connectivity index (χ1n) is 10.0. The molecule has 1 atom stereocenters. The Kier molecular flexibility index (Phi) is 5.52. The number of allylic oxidation sites excluding steroid dienone is 1. The van der Waals surface area contributed by atoms with E-state index in [1.807, 2.05) is 24.4 Å². The van der Waals surface area contributed by atoms with Crippen molar-refractivity contribution in [3.05, 3.63) is 57.6 Å². The lowest BCUT2D eigenvalue weighted by Gasteiger charge is -2.37. The molecule has 3 heterocycles. The zero-order chi connectivity index (χ0) is 20.5. The predicted molar refractivity (Wildman–Crippen MR) is 116 cm³/mol.